The Hall–Kier alpha value is -2.15. The van der Waals surface area contributed by atoms with Crippen molar-refractivity contribution in [3.63, 3.8) is 0 Å². The molecule has 3 aromatic rings. The van der Waals surface area contributed by atoms with Crippen LogP contribution in [0.2, 0.25) is 0 Å². The van der Waals surface area contributed by atoms with Crippen molar-refractivity contribution in [2.24, 2.45) is 5.92 Å². The van der Waals surface area contributed by atoms with E-state index in [-0.39, 0.29) is 12.0 Å². The minimum Gasteiger partial charge on any atom is -0.482 e. The van der Waals surface area contributed by atoms with Gasteiger partial charge in [-0.1, -0.05) is 40.1 Å². The lowest BCUT2D eigenvalue weighted by Crippen LogP contribution is -2.16. The van der Waals surface area contributed by atoms with Crippen molar-refractivity contribution >= 4 is 15.9 Å². The fourth-order valence-electron chi connectivity index (χ4n) is 2.26. The Morgan fingerprint density at radius 1 is 1.12 bits per heavy atom. The Labute approximate surface area is 148 Å². The van der Waals surface area contributed by atoms with Gasteiger partial charge >= 0.3 is 0 Å². The second-order valence-corrected chi connectivity index (χ2v) is 6.80. The molecule has 0 fully saturated rings. The first kappa shape index (κ1) is 16.7. The number of hydrogen-bond donors (Lipinski definition) is 0. The van der Waals surface area contributed by atoms with E-state index in [1.54, 1.807) is 0 Å². The first-order chi connectivity index (χ1) is 11.5. The van der Waals surface area contributed by atoms with Crippen LogP contribution in [0.25, 0.3) is 0 Å². The second kappa shape index (κ2) is 7.17. The standard InChI is InChI=1S/C17H18BrN3O3/c1-10(2)16(22-14-6-4-12(18)5-7-14)17-19-15(24-21-17)9-13-8-11(3)23-20-13/h4-8,10,16H,9H2,1-3H3. The molecule has 6 nitrogen and oxygen atoms in total. The third-order valence-corrected chi connectivity index (χ3v) is 3.96. The highest BCUT2D eigenvalue weighted by Crippen LogP contribution is 2.27. The van der Waals surface area contributed by atoms with Crippen LogP contribution in [-0.2, 0) is 6.42 Å². The molecule has 0 aliphatic rings. The van der Waals surface area contributed by atoms with Gasteiger partial charge in [-0.3, -0.25) is 0 Å². The van der Waals surface area contributed by atoms with Gasteiger partial charge in [-0.25, -0.2) is 0 Å². The molecule has 0 spiro atoms. The number of aromatic nitrogens is 3. The molecule has 0 amide bonds. The average molecular weight is 392 g/mol. The van der Waals surface area contributed by atoms with Gasteiger partial charge in [0, 0.05) is 10.5 Å². The minimum atomic E-state index is -0.289. The molecule has 7 heteroatoms. The Kier molecular flexibility index (Phi) is 4.99. The Balaban J connectivity index is 1.75. The van der Waals surface area contributed by atoms with Gasteiger partial charge in [0.2, 0.25) is 11.7 Å². The molecule has 1 unspecified atom stereocenters. The zero-order valence-electron chi connectivity index (χ0n) is 13.7. The normalized spacial score (nSPS) is 12.5. The summed E-state index contributed by atoms with van der Waals surface area (Å²) >= 11 is 3.41. The maximum Gasteiger partial charge on any atom is 0.232 e. The average Bonchev–Trinajstić information content (AvgIpc) is 3.16. The molecule has 2 aromatic heterocycles. The summed E-state index contributed by atoms with van der Waals surface area (Å²) in [5.41, 5.74) is 0.762. The van der Waals surface area contributed by atoms with Crippen molar-refractivity contribution in [1.29, 1.82) is 0 Å². The lowest BCUT2D eigenvalue weighted by atomic mass is 10.1. The molecule has 0 N–H and O–H groups in total. The second-order valence-electron chi connectivity index (χ2n) is 5.89. The Bertz CT molecular complexity index is 796. The predicted octanol–water partition coefficient (Wildman–Crippen LogP) is 4.50. The summed E-state index contributed by atoms with van der Waals surface area (Å²) in [4.78, 5) is 4.46. The van der Waals surface area contributed by atoms with E-state index in [2.05, 4.69) is 45.1 Å². The van der Waals surface area contributed by atoms with E-state index >= 15 is 0 Å². The van der Waals surface area contributed by atoms with Crippen LogP contribution in [0, 0.1) is 12.8 Å². The van der Waals surface area contributed by atoms with Crippen molar-refractivity contribution < 1.29 is 13.8 Å². The van der Waals surface area contributed by atoms with Crippen LogP contribution >= 0.6 is 15.9 Å². The van der Waals surface area contributed by atoms with E-state index in [1.165, 1.54) is 0 Å². The van der Waals surface area contributed by atoms with E-state index in [4.69, 9.17) is 13.8 Å². The predicted molar refractivity (Wildman–Crippen MR) is 90.7 cm³/mol. The maximum atomic E-state index is 6.04. The van der Waals surface area contributed by atoms with E-state index in [0.29, 0.717) is 18.1 Å². The SMILES string of the molecule is Cc1cc(Cc2nc(C(Oc3ccc(Br)cc3)C(C)C)no2)no1. The minimum absolute atomic E-state index is 0.188. The highest BCUT2D eigenvalue weighted by Gasteiger charge is 2.24. The number of halogens is 1. The quantitative estimate of drug-likeness (QED) is 0.615. The summed E-state index contributed by atoms with van der Waals surface area (Å²) in [5.74, 6) is 2.72. The summed E-state index contributed by atoms with van der Waals surface area (Å²) < 4.78 is 17.4. The molecule has 0 bridgehead atoms. The molecule has 0 saturated carbocycles. The summed E-state index contributed by atoms with van der Waals surface area (Å²) in [5, 5.41) is 8.01. The number of hydrogen-bond acceptors (Lipinski definition) is 6. The number of ether oxygens (including phenoxy) is 1. The van der Waals surface area contributed by atoms with Crippen LogP contribution in [0.3, 0.4) is 0 Å². The largest absolute Gasteiger partial charge is 0.482 e. The fourth-order valence-corrected chi connectivity index (χ4v) is 2.52. The van der Waals surface area contributed by atoms with Crippen molar-refractivity contribution in [3.05, 3.63) is 58.0 Å². The van der Waals surface area contributed by atoms with Crippen molar-refractivity contribution in [3.8, 4) is 5.75 Å². The molecular formula is C17H18BrN3O3. The van der Waals surface area contributed by atoms with E-state index in [1.807, 2.05) is 37.3 Å². The van der Waals surface area contributed by atoms with Crippen LogP contribution < -0.4 is 4.74 Å². The highest BCUT2D eigenvalue weighted by molar-refractivity contribution is 9.10. The zero-order chi connectivity index (χ0) is 17.1. The third kappa shape index (κ3) is 4.03. The van der Waals surface area contributed by atoms with E-state index < -0.39 is 0 Å². The molecule has 24 heavy (non-hydrogen) atoms. The summed E-state index contributed by atoms with van der Waals surface area (Å²) in [6.07, 6.45) is 0.149. The van der Waals surface area contributed by atoms with Crippen LogP contribution in [0.4, 0.5) is 0 Å². The lowest BCUT2D eigenvalue weighted by Gasteiger charge is -2.19. The molecule has 0 radical (unpaired) electrons. The molecule has 1 aromatic carbocycles. The lowest BCUT2D eigenvalue weighted by molar-refractivity contribution is 0.141. The van der Waals surface area contributed by atoms with Gasteiger partial charge in [0.05, 0.1) is 12.1 Å². The van der Waals surface area contributed by atoms with Gasteiger partial charge in [0.25, 0.3) is 0 Å². The van der Waals surface area contributed by atoms with Gasteiger partial charge < -0.3 is 13.8 Å². The first-order valence-corrected chi connectivity index (χ1v) is 8.47. The summed E-state index contributed by atoms with van der Waals surface area (Å²) in [6, 6.07) is 9.52. The smallest absolute Gasteiger partial charge is 0.232 e. The molecular weight excluding hydrogens is 374 g/mol. The Morgan fingerprint density at radius 3 is 2.50 bits per heavy atom. The molecule has 0 aliphatic carbocycles. The topological polar surface area (TPSA) is 74.2 Å². The van der Waals surface area contributed by atoms with Crippen LogP contribution in [-0.4, -0.2) is 15.3 Å². The highest BCUT2D eigenvalue weighted by atomic mass is 79.9. The zero-order valence-corrected chi connectivity index (χ0v) is 15.3. The fraction of sp³-hybridized carbons (Fsp3) is 0.353. The number of benzene rings is 1. The first-order valence-electron chi connectivity index (χ1n) is 7.68. The van der Waals surface area contributed by atoms with Crippen LogP contribution in [0.5, 0.6) is 5.75 Å². The van der Waals surface area contributed by atoms with E-state index in [0.717, 1.165) is 21.7 Å². The van der Waals surface area contributed by atoms with Gasteiger partial charge in [-0.05, 0) is 37.1 Å². The van der Waals surface area contributed by atoms with Gasteiger partial charge in [0.15, 0.2) is 6.10 Å². The van der Waals surface area contributed by atoms with Gasteiger partial charge in [0.1, 0.15) is 11.5 Å². The van der Waals surface area contributed by atoms with Crippen molar-refractivity contribution in [1.82, 2.24) is 15.3 Å². The van der Waals surface area contributed by atoms with Crippen LogP contribution in [0.1, 0.15) is 43.1 Å². The molecule has 2 heterocycles. The number of nitrogens with zero attached hydrogens (tertiary/aromatic N) is 3. The number of aryl methyl sites for hydroxylation is 1. The molecule has 0 saturated heterocycles. The van der Waals surface area contributed by atoms with Gasteiger partial charge in [-0.15, -0.1) is 0 Å². The molecule has 3 rings (SSSR count). The monoisotopic (exact) mass is 391 g/mol. The molecule has 0 aliphatic heterocycles. The summed E-state index contributed by atoms with van der Waals surface area (Å²) in [7, 11) is 0. The molecule has 1 atom stereocenters. The summed E-state index contributed by atoms with van der Waals surface area (Å²) in [6.45, 7) is 5.96. The molecule has 126 valence electrons. The Morgan fingerprint density at radius 2 is 1.88 bits per heavy atom. The van der Waals surface area contributed by atoms with E-state index in [9.17, 15) is 0 Å². The van der Waals surface area contributed by atoms with Crippen LogP contribution in [0.15, 0.2) is 43.9 Å². The number of rotatable bonds is 6. The van der Waals surface area contributed by atoms with Gasteiger partial charge in [-0.2, -0.15) is 4.98 Å². The third-order valence-electron chi connectivity index (χ3n) is 3.43. The van der Waals surface area contributed by atoms with Crippen molar-refractivity contribution in [2.75, 3.05) is 0 Å². The van der Waals surface area contributed by atoms with Crippen molar-refractivity contribution in [2.45, 2.75) is 33.3 Å². The maximum absolute atomic E-state index is 6.04.